The third-order valence-electron chi connectivity index (χ3n) is 6.34. The number of rotatable bonds is 4. The number of amides is 2. The van der Waals surface area contributed by atoms with E-state index < -0.39 is 11.0 Å². The number of hydrogen-bond acceptors (Lipinski definition) is 3. The molecule has 3 aliphatic rings. The monoisotopic (exact) mass is 418 g/mol. The largest absolute Gasteiger partial charge is 0.444 e. The lowest BCUT2D eigenvalue weighted by Crippen LogP contribution is -2.55. The molecule has 1 aromatic rings. The first kappa shape index (κ1) is 20.5. The molecule has 6 heteroatoms. The summed E-state index contributed by atoms with van der Waals surface area (Å²) in [6.07, 6.45) is 4.82. The van der Waals surface area contributed by atoms with Crippen molar-refractivity contribution in [3.8, 4) is 0 Å². The van der Waals surface area contributed by atoms with Gasteiger partial charge in [0.1, 0.15) is 5.60 Å². The minimum atomic E-state index is -0.519. The molecule has 0 radical (unpaired) electrons. The van der Waals surface area contributed by atoms with Gasteiger partial charge in [-0.1, -0.05) is 23.7 Å². The van der Waals surface area contributed by atoms with Gasteiger partial charge in [-0.15, -0.1) is 0 Å². The Kier molecular flexibility index (Phi) is 5.30. The van der Waals surface area contributed by atoms with Gasteiger partial charge in [0, 0.05) is 24.2 Å². The summed E-state index contributed by atoms with van der Waals surface area (Å²) in [5, 5.41) is 3.95. The number of benzene rings is 1. The van der Waals surface area contributed by atoms with Crippen molar-refractivity contribution < 1.29 is 14.3 Å². The third-order valence-corrected chi connectivity index (χ3v) is 6.59. The zero-order valence-electron chi connectivity index (χ0n) is 17.5. The molecule has 4 rings (SSSR count). The number of halogens is 1. The molecule has 2 saturated carbocycles. The SMILES string of the molecule is CC(C)(C)OC(=O)N1CC(NC(=O)C2(c3ccc(Cl)cc3)CC2)CC(C2CC2)C1. The standard InChI is InChI=1S/C23H31ClN2O3/c1-22(2,3)29-21(28)26-13-16(15-4-5-15)12-19(14-26)25-20(27)23(10-11-23)17-6-8-18(24)9-7-17/h6-9,15-16,19H,4-5,10-14H2,1-3H3,(H,25,27). The third kappa shape index (κ3) is 4.71. The number of ether oxygens (including phenoxy) is 1. The van der Waals surface area contributed by atoms with Crippen LogP contribution in [0.2, 0.25) is 5.02 Å². The van der Waals surface area contributed by atoms with Crippen molar-refractivity contribution in [3.05, 3.63) is 34.9 Å². The number of hydrogen-bond donors (Lipinski definition) is 1. The van der Waals surface area contributed by atoms with E-state index >= 15 is 0 Å². The van der Waals surface area contributed by atoms with E-state index in [2.05, 4.69) is 5.32 Å². The average molecular weight is 419 g/mol. The molecule has 1 saturated heterocycles. The molecule has 0 aromatic heterocycles. The van der Waals surface area contributed by atoms with Crippen LogP contribution in [0.3, 0.4) is 0 Å². The Balaban J connectivity index is 1.44. The smallest absolute Gasteiger partial charge is 0.410 e. The molecule has 1 heterocycles. The molecule has 0 bridgehead atoms. The van der Waals surface area contributed by atoms with Crippen LogP contribution in [0, 0.1) is 11.8 Å². The van der Waals surface area contributed by atoms with Crippen molar-refractivity contribution >= 4 is 23.6 Å². The van der Waals surface area contributed by atoms with E-state index in [1.165, 1.54) is 12.8 Å². The van der Waals surface area contributed by atoms with Crippen LogP contribution in [0.1, 0.15) is 58.4 Å². The van der Waals surface area contributed by atoms with Crippen molar-refractivity contribution in [1.82, 2.24) is 10.2 Å². The molecule has 1 N–H and O–H groups in total. The highest BCUT2D eigenvalue weighted by Crippen LogP contribution is 2.49. The second-order valence-corrected chi connectivity index (χ2v) is 10.4. The molecule has 2 atom stereocenters. The van der Waals surface area contributed by atoms with E-state index in [1.54, 1.807) is 4.90 Å². The Bertz CT molecular complexity index is 778. The predicted molar refractivity (Wildman–Crippen MR) is 113 cm³/mol. The maximum atomic E-state index is 13.2. The number of nitrogens with one attached hydrogen (secondary N) is 1. The molecule has 2 unspecified atom stereocenters. The summed E-state index contributed by atoms with van der Waals surface area (Å²) in [6, 6.07) is 7.57. The van der Waals surface area contributed by atoms with Crippen molar-refractivity contribution in [2.75, 3.05) is 13.1 Å². The average Bonchev–Trinajstić information content (AvgIpc) is 3.54. The van der Waals surface area contributed by atoms with Crippen LogP contribution in [0.5, 0.6) is 0 Å². The molecule has 5 nitrogen and oxygen atoms in total. The van der Waals surface area contributed by atoms with Crippen molar-refractivity contribution in [2.24, 2.45) is 11.8 Å². The van der Waals surface area contributed by atoms with Crippen LogP contribution in [0.25, 0.3) is 0 Å². The van der Waals surface area contributed by atoms with E-state index in [0.29, 0.717) is 23.4 Å². The molecule has 158 valence electrons. The fraction of sp³-hybridized carbons (Fsp3) is 0.652. The molecule has 1 aromatic carbocycles. The fourth-order valence-corrected chi connectivity index (χ4v) is 4.62. The zero-order valence-corrected chi connectivity index (χ0v) is 18.3. The van der Waals surface area contributed by atoms with Gasteiger partial charge in [-0.25, -0.2) is 4.79 Å². The summed E-state index contributed by atoms with van der Waals surface area (Å²) in [5.41, 5.74) is 0.0704. The van der Waals surface area contributed by atoms with Crippen LogP contribution in [0.15, 0.2) is 24.3 Å². The van der Waals surface area contributed by atoms with Crippen LogP contribution in [-0.4, -0.2) is 41.6 Å². The van der Waals surface area contributed by atoms with Gasteiger partial charge in [0.15, 0.2) is 0 Å². The first-order valence-corrected chi connectivity index (χ1v) is 11.1. The van der Waals surface area contributed by atoms with Crippen LogP contribution >= 0.6 is 11.6 Å². The normalized spacial score (nSPS) is 26.0. The number of likely N-dealkylation sites (tertiary alicyclic amines) is 1. The summed E-state index contributed by atoms with van der Waals surface area (Å²) < 4.78 is 5.60. The van der Waals surface area contributed by atoms with Gasteiger partial charge in [0.2, 0.25) is 5.91 Å². The minimum Gasteiger partial charge on any atom is -0.444 e. The van der Waals surface area contributed by atoms with Crippen molar-refractivity contribution in [2.45, 2.75) is 69.9 Å². The highest BCUT2D eigenvalue weighted by molar-refractivity contribution is 6.30. The van der Waals surface area contributed by atoms with Gasteiger partial charge in [-0.2, -0.15) is 0 Å². The van der Waals surface area contributed by atoms with Crippen molar-refractivity contribution in [1.29, 1.82) is 0 Å². The van der Waals surface area contributed by atoms with E-state index in [1.807, 2.05) is 45.0 Å². The van der Waals surface area contributed by atoms with Gasteiger partial charge in [0.05, 0.1) is 5.41 Å². The summed E-state index contributed by atoms with van der Waals surface area (Å²) >= 11 is 6.01. The molecule has 1 aliphatic heterocycles. The highest BCUT2D eigenvalue weighted by Gasteiger charge is 2.52. The number of nitrogens with zero attached hydrogens (tertiary/aromatic N) is 1. The van der Waals surface area contributed by atoms with E-state index in [0.717, 1.165) is 31.4 Å². The molecular weight excluding hydrogens is 388 g/mol. The van der Waals surface area contributed by atoms with Gasteiger partial charge in [-0.3, -0.25) is 4.79 Å². The predicted octanol–water partition coefficient (Wildman–Crippen LogP) is 4.52. The Hall–Kier alpha value is -1.75. The van der Waals surface area contributed by atoms with Crippen LogP contribution in [-0.2, 0) is 14.9 Å². The fourth-order valence-electron chi connectivity index (χ4n) is 4.49. The van der Waals surface area contributed by atoms with Gasteiger partial charge >= 0.3 is 6.09 Å². The minimum absolute atomic E-state index is 0.0286. The topological polar surface area (TPSA) is 58.6 Å². The quantitative estimate of drug-likeness (QED) is 0.781. The van der Waals surface area contributed by atoms with Crippen LogP contribution in [0.4, 0.5) is 4.79 Å². The number of carbonyl (C=O) groups is 2. The van der Waals surface area contributed by atoms with E-state index in [-0.39, 0.29) is 18.0 Å². The van der Waals surface area contributed by atoms with Crippen LogP contribution < -0.4 is 5.32 Å². The second-order valence-electron chi connectivity index (χ2n) is 9.98. The first-order chi connectivity index (χ1) is 13.7. The summed E-state index contributed by atoms with van der Waals surface area (Å²) in [5.74, 6) is 1.18. The van der Waals surface area contributed by atoms with E-state index in [4.69, 9.17) is 16.3 Å². The van der Waals surface area contributed by atoms with Gasteiger partial charge in [-0.05, 0) is 82.4 Å². The maximum Gasteiger partial charge on any atom is 0.410 e. The molecule has 2 aliphatic carbocycles. The lowest BCUT2D eigenvalue weighted by molar-refractivity contribution is -0.124. The Morgan fingerprint density at radius 2 is 1.76 bits per heavy atom. The van der Waals surface area contributed by atoms with Gasteiger partial charge < -0.3 is 15.0 Å². The molecular formula is C23H31ClN2O3. The lowest BCUT2D eigenvalue weighted by atomic mass is 9.89. The summed E-state index contributed by atoms with van der Waals surface area (Å²) in [7, 11) is 0. The summed E-state index contributed by atoms with van der Waals surface area (Å²) in [4.78, 5) is 27.7. The maximum absolute atomic E-state index is 13.2. The van der Waals surface area contributed by atoms with E-state index in [9.17, 15) is 9.59 Å². The molecule has 2 amide bonds. The second kappa shape index (κ2) is 7.50. The van der Waals surface area contributed by atoms with Gasteiger partial charge in [0.25, 0.3) is 0 Å². The Morgan fingerprint density at radius 1 is 1.10 bits per heavy atom. The Labute approximate surface area is 178 Å². The molecule has 29 heavy (non-hydrogen) atoms. The summed E-state index contributed by atoms with van der Waals surface area (Å²) in [6.45, 7) is 6.90. The molecule has 3 fully saturated rings. The zero-order chi connectivity index (χ0) is 20.8. The Morgan fingerprint density at radius 3 is 2.31 bits per heavy atom. The number of piperidine rings is 1. The highest BCUT2D eigenvalue weighted by atomic mass is 35.5. The first-order valence-electron chi connectivity index (χ1n) is 10.7. The number of carbonyl (C=O) groups excluding carboxylic acids is 2. The lowest BCUT2D eigenvalue weighted by Gasteiger charge is -2.39. The van der Waals surface area contributed by atoms with Crippen molar-refractivity contribution in [3.63, 3.8) is 0 Å². The molecule has 0 spiro atoms.